The molecule has 0 fully saturated rings. The van der Waals surface area contributed by atoms with Gasteiger partial charge in [-0.15, -0.1) is 0 Å². The van der Waals surface area contributed by atoms with Crippen LogP contribution < -0.4 is 15.4 Å². The molecule has 0 atom stereocenters. The lowest BCUT2D eigenvalue weighted by Crippen LogP contribution is -2.24. The number of benzene rings is 3. The first kappa shape index (κ1) is 20.2. The zero-order valence-corrected chi connectivity index (χ0v) is 16.1. The summed E-state index contributed by atoms with van der Waals surface area (Å²) in [6, 6.07) is 18.9. The normalized spacial score (nSPS) is 10.4. The summed E-state index contributed by atoms with van der Waals surface area (Å²) >= 11 is 0. The minimum Gasteiger partial charge on any atom is -0.504 e. The van der Waals surface area contributed by atoms with Gasteiger partial charge < -0.3 is 20.5 Å². The molecule has 0 aliphatic carbocycles. The number of para-hydroxylation sites is 1. The Morgan fingerprint density at radius 3 is 2.34 bits per heavy atom. The van der Waals surface area contributed by atoms with Crippen molar-refractivity contribution in [2.24, 2.45) is 0 Å². The van der Waals surface area contributed by atoms with Crippen LogP contribution >= 0.6 is 0 Å². The second kappa shape index (κ2) is 9.59. The topological polar surface area (TPSA) is 70.6 Å². The summed E-state index contributed by atoms with van der Waals surface area (Å²) in [4.78, 5) is 12.1. The average molecular weight is 394 g/mol. The highest BCUT2D eigenvalue weighted by Crippen LogP contribution is 2.29. The Morgan fingerprint density at radius 1 is 0.966 bits per heavy atom. The van der Waals surface area contributed by atoms with Crippen molar-refractivity contribution in [3.05, 3.63) is 89.2 Å². The first-order chi connectivity index (χ1) is 14.0. The number of rotatable bonds is 8. The number of aromatic hydroxyl groups is 1. The number of halogens is 1. The van der Waals surface area contributed by atoms with Crippen molar-refractivity contribution in [3.8, 4) is 11.5 Å². The van der Waals surface area contributed by atoms with Crippen LogP contribution in [-0.2, 0) is 24.3 Å². The number of phenols is 1. The van der Waals surface area contributed by atoms with Gasteiger partial charge in [-0.3, -0.25) is 4.79 Å². The Bertz CT molecular complexity index is 957. The van der Waals surface area contributed by atoms with Gasteiger partial charge in [0, 0.05) is 24.3 Å². The zero-order chi connectivity index (χ0) is 20.6. The fourth-order valence-electron chi connectivity index (χ4n) is 2.86. The Labute approximate surface area is 169 Å². The lowest BCUT2D eigenvalue weighted by atomic mass is 10.1. The molecular weight excluding hydrogens is 371 g/mol. The van der Waals surface area contributed by atoms with E-state index in [4.69, 9.17) is 4.74 Å². The highest BCUT2D eigenvalue weighted by Gasteiger charge is 2.07. The summed E-state index contributed by atoms with van der Waals surface area (Å²) in [5, 5.41) is 16.2. The molecule has 3 N–H and O–H groups in total. The molecule has 0 saturated heterocycles. The Kier molecular flexibility index (Phi) is 6.68. The molecule has 3 rings (SSSR count). The molecule has 0 unspecified atom stereocenters. The van der Waals surface area contributed by atoms with Crippen molar-refractivity contribution in [1.29, 1.82) is 0 Å². The number of phenolic OH excluding ortho intramolecular Hbond substituents is 1. The second-order valence-electron chi connectivity index (χ2n) is 6.60. The molecule has 5 nitrogen and oxygen atoms in total. The summed E-state index contributed by atoms with van der Waals surface area (Å²) in [6.45, 7) is 0.809. The van der Waals surface area contributed by atoms with Crippen molar-refractivity contribution in [2.75, 3.05) is 12.4 Å². The van der Waals surface area contributed by atoms with Gasteiger partial charge in [0.25, 0.3) is 0 Å². The monoisotopic (exact) mass is 394 g/mol. The molecule has 3 aromatic carbocycles. The van der Waals surface area contributed by atoms with Crippen LogP contribution in [0.3, 0.4) is 0 Å². The highest BCUT2D eigenvalue weighted by atomic mass is 19.1. The number of hydrogen-bond donors (Lipinski definition) is 3. The fourth-order valence-corrected chi connectivity index (χ4v) is 2.86. The average Bonchev–Trinajstić information content (AvgIpc) is 2.74. The van der Waals surface area contributed by atoms with Gasteiger partial charge in [0.1, 0.15) is 5.82 Å². The molecule has 0 heterocycles. The van der Waals surface area contributed by atoms with Crippen LogP contribution in [0.1, 0.15) is 16.7 Å². The third-order valence-corrected chi connectivity index (χ3v) is 4.51. The number of anilines is 1. The summed E-state index contributed by atoms with van der Waals surface area (Å²) < 4.78 is 18.0. The van der Waals surface area contributed by atoms with E-state index in [-0.39, 0.29) is 23.9 Å². The van der Waals surface area contributed by atoms with Crippen molar-refractivity contribution < 1.29 is 19.0 Å². The largest absolute Gasteiger partial charge is 0.504 e. The Hall–Kier alpha value is -3.54. The lowest BCUT2D eigenvalue weighted by molar-refractivity contribution is -0.120. The number of amides is 1. The number of nitrogens with one attached hydrogen (secondary N) is 2. The van der Waals surface area contributed by atoms with Crippen molar-refractivity contribution >= 4 is 11.6 Å². The standard InChI is InChI=1S/C23H23FN2O3/c1-29-21-4-2-3-18(23(21)28)15-25-20-11-7-16(8-12-20)13-22(27)26-14-17-5-9-19(24)10-6-17/h2-12,25,28H,13-15H2,1H3,(H,26,27). The third kappa shape index (κ3) is 5.72. The number of carbonyl (C=O) groups excluding carboxylic acids is 1. The van der Waals surface area contributed by atoms with E-state index in [9.17, 15) is 14.3 Å². The molecular formula is C23H23FN2O3. The molecule has 29 heavy (non-hydrogen) atoms. The van der Waals surface area contributed by atoms with E-state index in [0.29, 0.717) is 18.8 Å². The van der Waals surface area contributed by atoms with Gasteiger partial charge in [0.15, 0.2) is 11.5 Å². The van der Waals surface area contributed by atoms with Crippen LogP contribution in [0.5, 0.6) is 11.5 Å². The molecule has 6 heteroatoms. The number of carbonyl (C=O) groups is 1. The predicted octanol–water partition coefficient (Wildman–Crippen LogP) is 4.01. The Balaban J connectivity index is 1.49. The van der Waals surface area contributed by atoms with Crippen LogP contribution in [0, 0.1) is 5.82 Å². The maximum absolute atomic E-state index is 12.9. The quantitative estimate of drug-likeness (QED) is 0.540. The van der Waals surface area contributed by atoms with E-state index >= 15 is 0 Å². The SMILES string of the molecule is COc1cccc(CNc2ccc(CC(=O)NCc3ccc(F)cc3)cc2)c1O. The van der Waals surface area contributed by atoms with Gasteiger partial charge in [0.05, 0.1) is 13.5 Å². The third-order valence-electron chi connectivity index (χ3n) is 4.51. The fraction of sp³-hybridized carbons (Fsp3) is 0.174. The van der Waals surface area contributed by atoms with Gasteiger partial charge in [-0.2, -0.15) is 0 Å². The van der Waals surface area contributed by atoms with Crippen molar-refractivity contribution in [2.45, 2.75) is 19.5 Å². The van der Waals surface area contributed by atoms with Gasteiger partial charge in [-0.05, 0) is 41.5 Å². The van der Waals surface area contributed by atoms with Crippen LogP contribution in [0.2, 0.25) is 0 Å². The van der Waals surface area contributed by atoms with Gasteiger partial charge in [-0.25, -0.2) is 4.39 Å². The zero-order valence-electron chi connectivity index (χ0n) is 16.1. The molecule has 0 radical (unpaired) electrons. The van der Waals surface area contributed by atoms with E-state index in [0.717, 1.165) is 22.4 Å². The molecule has 0 aliphatic rings. The molecule has 1 amide bonds. The van der Waals surface area contributed by atoms with Gasteiger partial charge in [0.2, 0.25) is 5.91 Å². The summed E-state index contributed by atoms with van der Waals surface area (Å²) in [7, 11) is 1.51. The van der Waals surface area contributed by atoms with E-state index in [1.165, 1.54) is 19.2 Å². The van der Waals surface area contributed by atoms with E-state index in [1.54, 1.807) is 18.2 Å². The Morgan fingerprint density at radius 2 is 1.66 bits per heavy atom. The highest BCUT2D eigenvalue weighted by molar-refractivity contribution is 5.78. The molecule has 0 aliphatic heterocycles. The number of methoxy groups -OCH3 is 1. The maximum Gasteiger partial charge on any atom is 0.224 e. The van der Waals surface area contributed by atoms with Crippen LogP contribution in [0.4, 0.5) is 10.1 Å². The molecule has 0 bridgehead atoms. The van der Waals surface area contributed by atoms with Gasteiger partial charge in [-0.1, -0.05) is 36.4 Å². The summed E-state index contributed by atoms with van der Waals surface area (Å²) in [6.07, 6.45) is 0.262. The first-order valence-electron chi connectivity index (χ1n) is 9.24. The maximum atomic E-state index is 12.9. The smallest absolute Gasteiger partial charge is 0.224 e. The lowest BCUT2D eigenvalue weighted by Gasteiger charge is -2.11. The molecule has 0 aromatic heterocycles. The number of hydrogen-bond acceptors (Lipinski definition) is 4. The van der Waals surface area contributed by atoms with Crippen LogP contribution in [0.15, 0.2) is 66.7 Å². The van der Waals surface area contributed by atoms with E-state index < -0.39 is 0 Å². The summed E-state index contributed by atoms with van der Waals surface area (Å²) in [5.41, 5.74) is 3.34. The van der Waals surface area contributed by atoms with E-state index in [2.05, 4.69) is 10.6 Å². The molecule has 0 spiro atoms. The summed E-state index contributed by atoms with van der Waals surface area (Å²) in [5.74, 6) is 0.162. The molecule has 3 aromatic rings. The predicted molar refractivity (Wildman–Crippen MR) is 110 cm³/mol. The molecule has 150 valence electrons. The van der Waals surface area contributed by atoms with Crippen molar-refractivity contribution in [3.63, 3.8) is 0 Å². The minimum atomic E-state index is -0.296. The molecule has 0 saturated carbocycles. The van der Waals surface area contributed by atoms with Gasteiger partial charge >= 0.3 is 0 Å². The van der Waals surface area contributed by atoms with Crippen LogP contribution in [0.25, 0.3) is 0 Å². The minimum absolute atomic E-state index is 0.101. The number of ether oxygens (including phenoxy) is 1. The van der Waals surface area contributed by atoms with Crippen LogP contribution in [-0.4, -0.2) is 18.1 Å². The van der Waals surface area contributed by atoms with Crippen molar-refractivity contribution in [1.82, 2.24) is 5.32 Å². The first-order valence-corrected chi connectivity index (χ1v) is 9.24. The van der Waals surface area contributed by atoms with E-state index in [1.807, 2.05) is 36.4 Å². The second-order valence-corrected chi connectivity index (χ2v) is 6.60.